The fourth-order valence-electron chi connectivity index (χ4n) is 2.99. The summed E-state index contributed by atoms with van der Waals surface area (Å²) in [5.41, 5.74) is 2.11. The average molecular weight is 348 g/mol. The van der Waals surface area contributed by atoms with Crippen LogP contribution < -0.4 is 15.4 Å². The minimum Gasteiger partial charge on any atom is -0.497 e. The van der Waals surface area contributed by atoms with Crippen molar-refractivity contribution in [2.45, 2.75) is 25.3 Å². The lowest BCUT2D eigenvalue weighted by Gasteiger charge is -2.28. The first-order valence-electron chi connectivity index (χ1n) is 7.77. The summed E-state index contributed by atoms with van der Waals surface area (Å²) in [5.74, 6) is -0.524. The number of benzene rings is 2. The van der Waals surface area contributed by atoms with Gasteiger partial charge < -0.3 is 15.4 Å². The summed E-state index contributed by atoms with van der Waals surface area (Å²) in [6.07, 6.45) is 2.89. The van der Waals surface area contributed by atoms with Crippen LogP contribution in [0.2, 0.25) is 0 Å². The van der Waals surface area contributed by atoms with Crippen molar-refractivity contribution in [1.29, 1.82) is 0 Å². The van der Waals surface area contributed by atoms with E-state index in [2.05, 4.69) is 10.6 Å². The van der Waals surface area contributed by atoms with Crippen LogP contribution in [0.5, 0.6) is 5.75 Å². The maximum atomic E-state index is 13.7. The van der Waals surface area contributed by atoms with Gasteiger partial charge in [-0.05, 0) is 66.9 Å². The largest absolute Gasteiger partial charge is 0.497 e. The van der Waals surface area contributed by atoms with Gasteiger partial charge in [0.2, 0.25) is 0 Å². The van der Waals surface area contributed by atoms with Crippen LogP contribution in [0.1, 0.15) is 30.0 Å². The number of rotatable bonds is 3. The molecule has 0 unspecified atom stereocenters. The molecule has 1 atom stereocenters. The first-order chi connectivity index (χ1) is 11.6. The average Bonchev–Trinajstić information content (AvgIpc) is 2.58. The number of fused-ring (bicyclic) bond motifs is 1. The van der Waals surface area contributed by atoms with E-state index in [1.807, 2.05) is 18.2 Å². The molecule has 1 aliphatic carbocycles. The van der Waals surface area contributed by atoms with Crippen LogP contribution in [-0.4, -0.2) is 12.2 Å². The Bertz CT molecular complexity index is 746. The molecule has 3 rings (SSSR count). The van der Waals surface area contributed by atoms with Crippen molar-refractivity contribution in [3.05, 3.63) is 59.2 Å². The Balaban J connectivity index is 1.74. The third kappa shape index (κ3) is 3.48. The molecule has 0 fully saturated rings. The first-order valence-corrected chi connectivity index (χ1v) is 8.17. The summed E-state index contributed by atoms with van der Waals surface area (Å²) in [7, 11) is 1.64. The van der Waals surface area contributed by atoms with E-state index >= 15 is 0 Å². The van der Waals surface area contributed by atoms with Gasteiger partial charge in [0.05, 0.1) is 13.2 Å². The number of aryl methyl sites for hydroxylation is 1. The van der Waals surface area contributed by atoms with Gasteiger partial charge in [0.25, 0.3) is 0 Å². The quantitative estimate of drug-likeness (QED) is 0.809. The monoisotopic (exact) mass is 348 g/mol. The van der Waals surface area contributed by atoms with Crippen LogP contribution in [-0.2, 0) is 6.42 Å². The molecule has 0 bridgehead atoms. The summed E-state index contributed by atoms with van der Waals surface area (Å²) in [4.78, 5) is 0. The summed E-state index contributed by atoms with van der Waals surface area (Å²) < 4.78 is 32.7. The second kappa shape index (κ2) is 7.13. The number of anilines is 1. The molecule has 24 heavy (non-hydrogen) atoms. The molecular formula is C18H18F2N2OS. The molecule has 0 aromatic heterocycles. The maximum Gasteiger partial charge on any atom is 0.171 e. The summed E-state index contributed by atoms with van der Waals surface area (Å²) in [6, 6.07) is 9.65. The van der Waals surface area contributed by atoms with E-state index in [4.69, 9.17) is 17.0 Å². The fraction of sp³-hybridized carbons (Fsp3) is 0.278. The van der Waals surface area contributed by atoms with Crippen LogP contribution in [0, 0.1) is 11.6 Å². The normalized spacial score (nSPS) is 16.2. The van der Waals surface area contributed by atoms with Gasteiger partial charge in [-0.3, -0.25) is 0 Å². The van der Waals surface area contributed by atoms with Crippen molar-refractivity contribution in [2.24, 2.45) is 0 Å². The number of methoxy groups -OCH3 is 1. The molecule has 2 aromatic carbocycles. The highest BCUT2D eigenvalue weighted by Crippen LogP contribution is 2.32. The Morgan fingerprint density at radius 2 is 1.96 bits per heavy atom. The first kappa shape index (κ1) is 16.6. The zero-order chi connectivity index (χ0) is 17.1. The SMILES string of the molecule is COc1ccc2c(c1)CCC[C@@H]2NC(=S)Nc1c(F)cccc1F. The lowest BCUT2D eigenvalue weighted by Crippen LogP contribution is -2.34. The number of thiocarbonyl (C=S) groups is 1. The Kier molecular flexibility index (Phi) is 4.94. The molecule has 0 amide bonds. The number of hydrogen-bond acceptors (Lipinski definition) is 2. The second-order valence-electron chi connectivity index (χ2n) is 5.70. The molecule has 3 nitrogen and oxygen atoms in total. The van der Waals surface area contributed by atoms with Crippen LogP contribution in [0.15, 0.2) is 36.4 Å². The lowest BCUT2D eigenvalue weighted by molar-refractivity contribution is 0.412. The van der Waals surface area contributed by atoms with Crippen molar-refractivity contribution in [1.82, 2.24) is 5.32 Å². The molecule has 6 heteroatoms. The molecule has 0 spiro atoms. The Morgan fingerprint density at radius 3 is 2.67 bits per heavy atom. The summed E-state index contributed by atoms with van der Waals surface area (Å²) in [6.45, 7) is 0. The molecule has 2 N–H and O–H groups in total. The fourth-order valence-corrected chi connectivity index (χ4v) is 3.24. The van der Waals surface area contributed by atoms with Crippen molar-refractivity contribution in [3.63, 3.8) is 0 Å². The molecule has 0 saturated carbocycles. The Morgan fingerprint density at radius 1 is 1.21 bits per heavy atom. The van der Waals surface area contributed by atoms with Gasteiger partial charge in [0, 0.05) is 0 Å². The molecule has 126 valence electrons. The van der Waals surface area contributed by atoms with E-state index in [0.29, 0.717) is 0 Å². The van der Waals surface area contributed by atoms with Crippen molar-refractivity contribution in [2.75, 3.05) is 12.4 Å². The molecule has 0 radical (unpaired) electrons. The molecule has 0 aliphatic heterocycles. The van der Waals surface area contributed by atoms with Crippen molar-refractivity contribution in [3.8, 4) is 5.75 Å². The predicted molar refractivity (Wildman–Crippen MR) is 94.4 cm³/mol. The topological polar surface area (TPSA) is 33.3 Å². The predicted octanol–water partition coefficient (Wildman–Crippen LogP) is 4.34. The van der Waals surface area contributed by atoms with Gasteiger partial charge in [-0.2, -0.15) is 0 Å². The lowest BCUT2D eigenvalue weighted by atomic mass is 9.87. The smallest absolute Gasteiger partial charge is 0.171 e. The van der Waals surface area contributed by atoms with E-state index in [1.165, 1.54) is 23.8 Å². The number of hydrogen-bond donors (Lipinski definition) is 2. The highest BCUT2D eigenvalue weighted by Gasteiger charge is 2.22. The minimum atomic E-state index is -0.673. The number of halogens is 2. The zero-order valence-electron chi connectivity index (χ0n) is 13.2. The van der Waals surface area contributed by atoms with E-state index in [1.54, 1.807) is 7.11 Å². The van der Waals surface area contributed by atoms with Gasteiger partial charge in [0.1, 0.15) is 23.1 Å². The van der Waals surface area contributed by atoms with E-state index < -0.39 is 11.6 Å². The highest BCUT2D eigenvalue weighted by atomic mass is 32.1. The number of ether oxygens (including phenoxy) is 1. The van der Waals surface area contributed by atoms with Gasteiger partial charge in [0.15, 0.2) is 5.11 Å². The van der Waals surface area contributed by atoms with Gasteiger partial charge in [-0.25, -0.2) is 8.78 Å². The maximum absolute atomic E-state index is 13.7. The summed E-state index contributed by atoms with van der Waals surface area (Å²) in [5, 5.41) is 5.99. The van der Waals surface area contributed by atoms with E-state index in [0.717, 1.165) is 30.6 Å². The molecular weight excluding hydrogens is 330 g/mol. The molecule has 2 aromatic rings. The van der Waals surface area contributed by atoms with Gasteiger partial charge >= 0.3 is 0 Å². The number of nitrogens with one attached hydrogen (secondary N) is 2. The minimum absolute atomic E-state index is 0.00879. The zero-order valence-corrected chi connectivity index (χ0v) is 14.1. The van der Waals surface area contributed by atoms with Crippen LogP contribution in [0.4, 0.5) is 14.5 Å². The van der Waals surface area contributed by atoms with Crippen LogP contribution in [0.25, 0.3) is 0 Å². The summed E-state index contributed by atoms with van der Waals surface area (Å²) >= 11 is 5.23. The Labute approximate surface area is 145 Å². The van der Waals surface area contributed by atoms with E-state index in [-0.39, 0.29) is 16.8 Å². The van der Waals surface area contributed by atoms with Gasteiger partial charge in [-0.15, -0.1) is 0 Å². The molecule has 0 heterocycles. The molecule has 1 aliphatic rings. The van der Waals surface area contributed by atoms with Crippen molar-refractivity contribution >= 4 is 23.0 Å². The second-order valence-corrected chi connectivity index (χ2v) is 6.11. The third-order valence-electron chi connectivity index (χ3n) is 4.17. The number of para-hydroxylation sites is 1. The van der Waals surface area contributed by atoms with Gasteiger partial charge in [-0.1, -0.05) is 12.1 Å². The van der Waals surface area contributed by atoms with E-state index in [9.17, 15) is 8.78 Å². The Hall–Kier alpha value is -2.21. The van der Waals surface area contributed by atoms with Crippen LogP contribution in [0.3, 0.4) is 0 Å². The van der Waals surface area contributed by atoms with Crippen LogP contribution >= 0.6 is 12.2 Å². The highest BCUT2D eigenvalue weighted by molar-refractivity contribution is 7.80. The third-order valence-corrected chi connectivity index (χ3v) is 4.39. The van der Waals surface area contributed by atoms with Crippen molar-refractivity contribution < 1.29 is 13.5 Å². The standard InChI is InChI=1S/C18H18F2N2OS/c1-23-12-8-9-13-11(10-12)4-2-7-16(13)21-18(24)22-17-14(19)5-3-6-15(17)20/h3,5-6,8-10,16H,2,4,7H2,1H3,(H2,21,22,24)/t16-/m0/s1. The molecule has 0 saturated heterocycles.